The third-order valence-corrected chi connectivity index (χ3v) is 4.33. The maximum atomic E-state index is 12.6. The van der Waals surface area contributed by atoms with Crippen molar-refractivity contribution in [1.82, 2.24) is 10.6 Å². The van der Waals surface area contributed by atoms with Crippen LogP contribution in [0.5, 0.6) is 5.75 Å². The van der Waals surface area contributed by atoms with Crippen LogP contribution in [-0.4, -0.2) is 57.9 Å². The van der Waals surface area contributed by atoms with Gasteiger partial charge in [0.05, 0.1) is 12.3 Å². The first-order valence-corrected chi connectivity index (χ1v) is 9.45. The first-order valence-electron chi connectivity index (χ1n) is 9.45. The van der Waals surface area contributed by atoms with Crippen molar-refractivity contribution in [3.63, 3.8) is 0 Å². The Hall–Kier alpha value is -1.85. The molecule has 7 nitrogen and oxygen atoms in total. The molecule has 164 valence electrons. The number of aliphatic imine (C=N–C) groups is 1. The van der Waals surface area contributed by atoms with Crippen LogP contribution in [0.3, 0.4) is 0 Å². The molecule has 0 aliphatic carbocycles. The van der Waals surface area contributed by atoms with E-state index in [-0.39, 0.29) is 41.7 Å². The van der Waals surface area contributed by atoms with Gasteiger partial charge in [0.1, 0.15) is 5.75 Å². The fourth-order valence-electron chi connectivity index (χ4n) is 3.07. The molecule has 1 heterocycles. The number of rotatable bonds is 9. The summed E-state index contributed by atoms with van der Waals surface area (Å²) in [6.07, 6.45) is 1.84. The lowest BCUT2D eigenvalue weighted by atomic mass is 10.2. The number of carbonyl (C=O) groups is 1. The highest BCUT2D eigenvalue weighted by atomic mass is 127. The van der Waals surface area contributed by atoms with Crippen LogP contribution in [0.1, 0.15) is 26.2 Å². The van der Waals surface area contributed by atoms with Gasteiger partial charge < -0.3 is 25.0 Å². The Morgan fingerprint density at radius 1 is 1.38 bits per heavy atom. The van der Waals surface area contributed by atoms with E-state index in [0.717, 1.165) is 13.0 Å². The van der Waals surface area contributed by atoms with E-state index >= 15 is 0 Å². The smallest absolute Gasteiger partial charge is 0.387 e. The third-order valence-electron chi connectivity index (χ3n) is 4.33. The number of nitrogens with zero attached hydrogens (tertiary/aromatic N) is 2. The van der Waals surface area contributed by atoms with Gasteiger partial charge in [-0.15, -0.1) is 24.0 Å². The molecule has 0 amide bonds. The Labute approximate surface area is 187 Å². The van der Waals surface area contributed by atoms with Gasteiger partial charge in [-0.25, -0.2) is 0 Å². The van der Waals surface area contributed by atoms with Crippen molar-refractivity contribution in [1.29, 1.82) is 0 Å². The van der Waals surface area contributed by atoms with Gasteiger partial charge in [0.15, 0.2) is 5.96 Å². The zero-order chi connectivity index (χ0) is 20.4. The van der Waals surface area contributed by atoms with Crippen LogP contribution >= 0.6 is 24.0 Å². The molecule has 2 N–H and O–H groups in total. The second-order valence-corrected chi connectivity index (χ2v) is 6.33. The summed E-state index contributed by atoms with van der Waals surface area (Å²) in [7, 11) is 1.68. The van der Waals surface area contributed by atoms with E-state index in [9.17, 15) is 13.6 Å². The van der Waals surface area contributed by atoms with E-state index in [1.807, 2.05) is 4.90 Å². The van der Waals surface area contributed by atoms with Crippen molar-refractivity contribution in [2.75, 3.05) is 38.2 Å². The number of guanidine groups is 1. The van der Waals surface area contributed by atoms with Crippen LogP contribution in [0, 0.1) is 0 Å². The van der Waals surface area contributed by atoms with Crippen LogP contribution < -0.4 is 20.3 Å². The summed E-state index contributed by atoms with van der Waals surface area (Å²) in [6.45, 7) is 1.29. The van der Waals surface area contributed by atoms with Gasteiger partial charge in [0.2, 0.25) is 0 Å². The SMILES string of the molecule is CCOC(=O)CCCNC(=NC)NC1CCN(c2ccccc2OC(F)F)C1.I. The van der Waals surface area contributed by atoms with Gasteiger partial charge in [0.25, 0.3) is 0 Å². The van der Waals surface area contributed by atoms with E-state index in [1.165, 1.54) is 0 Å². The maximum Gasteiger partial charge on any atom is 0.387 e. The lowest BCUT2D eigenvalue weighted by molar-refractivity contribution is -0.143. The Balaban J connectivity index is 0.00000420. The van der Waals surface area contributed by atoms with Gasteiger partial charge in [-0.1, -0.05) is 12.1 Å². The minimum Gasteiger partial charge on any atom is -0.466 e. The second kappa shape index (κ2) is 13.4. The molecular weight excluding hydrogens is 497 g/mol. The average molecular weight is 526 g/mol. The van der Waals surface area contributed by atoms with Crippen molar-refractivity contribution in [3.05, 3.63) is 24.3 Å². The van der Waals surface area contributed by atoms with Gasteiger partial charge in [0, 0.05) is 39.1 Å². The molecule has 2 rings (SSSR count). The van der Waals surface area contributed by atoms with Crippen molar-refractivity contribution in [2.45, 2.75) is 38.8 Å². The molecule has 1 aromatic rings. The fourth-order valence-corrected chi connectivity index (χ4v) is 3.07. The molecule has 1 atom stereocenters. The molecule has 0 bridgehead atoms. The van der Waals surface area contributed by atoms with Gasteiger partial charge in [-0.05, 0) is 31.9 Å². The summed E-state index contributed by atoms with van der Waals surface area (Å²) in [4.78, 5) is 17.6. The molecule has 0 spiro atoms. The summed E-state index contributed by atoms with van der Waals surface area (Å²) in [5, 5.41) is 6.51. The number of hydrogen-bond acceptors (Lipinski definition) is 5. The summed E-state index contributed by atoms with van der Waals surface area (Å²) >= 11 is 0. The molecule has 1 unspecified atom stereocenters. The highest BCUT2D eigenvalue weighted by molar-refractivity contribution is 14.0. The largest absolute Gasteiger partial charge is 0.466 e. The predicted octanol–water partition coefficient (Wildman–Crippen LogP) is 2.99. The van der Waals surface area contributed by atoms with Crippen LogP contribution in [0.4, 0.5) is 14.5 Å². The number of carbonyl (C=O) groups excluding carboxylic acids is 1. The zero-order valence-electron chi connectivity index (χ0n) is 16.7. The number of anilines is 1. The number of nitrogens with one attached hydrogen (secondary N) is 2. The quantitative estimate of drug-likeness (QED) is 0.170. The highest BCUT2D eigenvalue weighted by Gasteiger charge is 2.26. The highest BCUT2D eigenvalue weighted by Crippen LogP contribution is 2.31. The number of hydrogen-bond donors (Lipinski definition) is 2. The Morgan fingerprint density at radius 3 is 2.83 bits per heavy atom. The lowest BCUT2D eigenvalue weighted by Crippen LogP contribution is -2.45. The fraction of sp³-hybridized carbons (Fsp3) is 0.579. The topological polar surface area (TPSA) is 75.2 Å². The molecular formula is C19H29F2IN4O3. The van der Waals surface area contributed by atoms with Crippen molar-refractivity contribution in [3.8, 4) is 5.75 Å². The van der Waals surface area contributed by atoms with Crippen molar-refractivity contribution in [2.24, 2.45) is 4.99 Å². The number of ether oxygens (including phenoxy) is 2. The summed E-state index contributed by atoms with van der Waals surface area (Å²) < 4.78 is 34.8. The number of alkyl halides is 2. The second-order valence-electron chi connectivity index (χ2n) is 6.33. The minimum atomic E-state index is -2.85. The van der Waals surface area contributed by atoms with Crippen molar-refractivity contribution < 1.29 is 23.0 Å². The molecule has 1 aliphatic heterocycles. The zero-order valence-corrected chi connectivity index (χ0v) is 19.0. The third kappa shape index (κ3) is 8.58. The van der Waals surface area contributed by atoms with E-state index < -0.39 is 6.61 Å². The molecule has 10 heteroatoms. The van der Waals surface area contributed by atoms with Crippen LogP contribution in [0.15, 0.2) is 29.3 Å². The molecule has 0 radical (unpaired) electrons. The maximum absolute atomic E-state index is 12.6. The summed E-state index contributed by atoms with van der Waals surface area (Å²) in [5.41, 5.74) is 0.657. The van der Waals surface area contributed by atoms with Crippen LogP contribution in [0.2, 0.25) is 0 Å². The normalized spacial score (nSPS) is 16.4. The summed E-state index contributed by atoms with van der Waals surface area (Å²) in [6, 6.07) is 6.93. The standard InChI is InChI=1S/C19H28F2N4O3.HI/c1-3-27-17(26)9-6-11-23-19(22-2)24-14-10-12-25(13-14)15-7-4-5-8-16(15)28-18(20)21;/h4-5,7-8,14,18H,3,6,9-13H2,1-2H3,(H2,22,23,24);1H. The Bertz CT molecular complexity index is 664. The first kappa shape index (κ1) is 25.2. The number of para-hydroxylation sites is 2. The molecule has 1 aromatic carbocycles. The van der Waals surface area contributed by atoms with E-state index in [1.54, 1.807) is 38.2 Å². The van der Waals surface area contributed by atoms with Crippen LogP contribution in [0.25, 0.3) is 0 Å². The van der Waals surface area contributed by atoms with Gasteiger partial charge >= 0.3 is 12.6 Å². The van der Waals surface area contributed by atoms with Crippen molar-refractivity contribution >= 4 is 41.6 Å². The molecule has 1 saturated heterocycles. The monoisotopic (exact) mass is 526 g/mol. The number of benzene rings is 1. The molecule has 0 saturated carbocycles. The molecule has 1 fully saturated rings. The summed E-state index contributed by atoms with van der Waals surface area (Å²) in [5.74, 6) is 0.621. The predicted molar refractivity (Wildman–Crippen MR) is 119 cm³/mol. The molecule has 1 aliphatic rings. The van der Waals surface area contributed by atoms with Gasteiger partial charge in [-0.3, -0.25) is 9.79 Å². The van der Waals surface area contributed by atoms with E-state index in [4.69, 9.17) is 4.74 Å². The van der Waals surface area contributed by atoms with E-state index in [2.05, 4.69) is 20.4 Å². The Kier molecular flexibility index (Phi) is 11.6. The number of halogens is 3. The first-order chi connectivity index (χ1) is 13.5. The van der Waals surface area contributed by atoms with Crippen LogP contribution in [-0.2, 0) is 9.53 Å². The number of esters is 1. The lowest BCUT2D eigenvalue weighted by Gasteiger charge is -2.22. The minimum absolute atomic E-state index is 0. The molecule has 0 aromatic heterocycles. The van der Waals surface area contributed by atoms with Gasteiger partial charge in [-0.2, -0.15) is 8.78 Å². The molecule has 29 heavy (non-hydrogen) atoms. The average Bonchev–Trinajstić information content (AvgIpc) is 3.12. The Morgan fingerprint density at radius 2 is 2.14 bits per heavy atom. The van der Waals surface area contributed by atoms with E-state index in [0.29, 0.717) is 44.2 Å².